The van der Waals surface area contributed by atoms with Crippen LogP contribution in [0.1, 0.15) is 16.8 Å². The van der Waals surface area contributed by atoms with Gasteiger partial charge < -0.3 is 4.90 Å². The molecule has 0 aliphatic rings. The molecule has 0 radical (unpaired) electrons. The van der Waals surface area contributed by atoms with E-state index in [1.54, 1.807) is 0 Å². The Morgan fingerprint density at radius 2 is 1.62 bits per heavy atom. The fourth-order valence-electron chi connectivity index (χ4n) is 2.01. The monoisotopic (exact) mass is 352 g/mol. The summed E-state index contributed by atoms with van der Waals surface area (Å²) >= 11 is 0. The molecule has 2 aromatic rings. The standard InChI is InChI=1S/C17H21N2.ClHO4/c1-14-13-17(18(2)3)11-9-15(14)8-10-16-7-5-6-12-19(16)4;2-1(3,4)5/h5-13H,1-4H3;(H,2,3,4,5)/q+1;/p-1. The van der Waals surface area contributed by atoms with E-state index in [2.05, 4.69) is 86.2 Å². The maximum atomic E-state index is 8.49. The molecule has 1 aromatic carbocycles. The van der Waals surface area contributed by atoms with Crippen LogP contribution in [0.4, 0.5) is 5.69 Å². The minimum Gasteiger partial charge on any atom is -0.378 e. The van der Waals surface area contributed by atoms with E-state index in [0.717, 1.165) is 0 Å². The molecular weight excluding hydrogens is 332 g/mol. The van der Waals surface area contributed by atoms with Gasteiger partial charge in [0.05, 0.1) is 0 Å². The summed E-state index contributed by atoms with van der Waals surface area (Å²) in [6.07, 6.45) is 6.38. The van der Waals surface area contributed by atoms with Crippen LogP contribution in [-0.4, -0.2) is 14.1 Å². The number of pyridine rings is 1. The lowest BCUT2D eigenvalue weighted by atomic mass is 10.1. The number of anilines is 1. The summed E-state index contributed by atoms with van der Waals surface area (Å²) in [6.45, 7) is 2.15. The highest BCUT2D eigenvalue weighted by Gasteiger charge is 2.01. The van der Waals surface area contributed by atoms with E-state index in [9.17, 15) is 0 Å². The van der Waals surface area contributed by atoms with Crippen molar-refractivity contribution < 1.29 is 33.4 Å². The zero-order valence-corrected chi connectivity index (χ0v) is 14.9. The molecule has 0 amide bonds. The molecule has 1 aromatic heterocycles. The van der Waals surface area contributed by atoms with Crippen LogP contribution in [0, 0.1) is 17.2 Å². The molecule has 0 saturated heterocycles. The molecular formula is C17H21ClN2O4. The van der Waals surface area contributed by atoms with E-state index in [1.807, 2.05) is 6.07 Å². The van der Waals surface area contributed by atoms with Crippen molar-refractivity contribution in [3.63, 3.8) is 0 Å². The zero-order chi connectivity index (χ0) is 18.3. The Bertz CT molecular complexity index is 691. The van der Waals surface area contributed by atoms with E-state index in [0.29, 0.717) is 0 Å². The molecule has 0 unspecified atom stereocenters. The van der Waals surface area contributed by atoms with Crippen molar-refractivity contribution >= 4 is 17.8 Å². The molecule has 0 saturated carbocycles. The first kappa shape index (κ1) is 20.1. The lowest BCUT2D eigenvalue weighted by Crippen LogP contribution is -2.68. The number of halogens is 1. The lowest BCUT2D eigenvalue weighted by molar-refractivity contribution is -2.00. The molecule has 130 valence electrons. The van der Waals surface area contributed by atoms with Crippen LogP contribution in [0.2, 0.25) is 0 Å². The van der Waals surface area contributed by atoms with Crippen molar-refractivity contribution in [3.05, 3.63) is 59.4 Å². The van der Waals surface area contributed by atoms with Crippen molar-refractivity contribution in [2.75, 3.05) is 19.0 Å². The van der Waals surface area contributed by atoms with E-state index in [1.165, 1.54) is 22.5 Å². The summed E-state index contributed by atoms with van der Waals surface area (Å²) in [6, 6.07) is 12.7. The largest absolute Gasteiger partial charge is 0.378 e. The van der Waals surface area contributed by atoms with E-state index in [4.69, 9.17) is 18.6 Å². The summed E-state index contributed by atoms with van der Waals surface area (Å²) < 4.78 is 36.1. The molecule has 0 spiro atoms. The van der Waals surface area contributed by atoms with Crippen molar-refractivity contribution in [1.29, 1.82) is 0 Å². The third-order valence-electron chi connectivity index (χ3n) is 3.30. The number of aromatic nitrogens is 1. The van der Waals surface area contributed by atoms with E-state index >= 15 is 0 Å². The van der Waals surface area contributed by atoms with Crippen LogP contribution < -0.4 is 28.1 Å². The number of benzene rings is 1. The smallest absolute Gasteiger partial charge is 0.204 e. The Labute approximate surface area is 144 Å². The second-order valence-electron chi connectivity index (χ2n) is 5.38. The van der Waals surface area contributed by atoms with E-state index in [-0.39, 0.29) is 0 Å². The second kappa shape index (κ2) is 8.77. The first-order chi connectivity index (χ1) is 11.1. The number of hydrogen-bond acceptors (Lipinski definition) is 5. The molecule has 2 rings (SSSR count). The number of aryl methyl sites for hydroxylation is 2. The third-order valence-corrected chi connectivity index (χ3v) is 3.30. The number of nitrogens with zero attached hydrogens (tertiary/aromatic N) is 2. The molecule has 1 heterocycles. The van der Waals surface area contributed by atoms with Crippen LogP contribution in [0.3, 0.4) is 0 Å². The number of rotatable bonds is 3. The Kier molecular flexibility index (Phi) is 7.34. The predicted octanol–water partition coefficient (Wildman–Crippen LogP) is -1.70. The van der Waals surface area contributed by atoms with Crippen LogP contribution in [0.15, 0.2) is 42.6 Å². The molecule has 0 bridgehead atoms. The van der Waals surface area contributed by atoms with Gasteiger partial charge in [-0.1, -0.05) is 6.07 Å². The van der Waals surface area contributed by atoms with Gasteiger partial charge in [0.2, 0.25) is 5.69 Å². The number of hydrogen-bond donors (Lipinski definition) is 0. The summed E-state index contributed by atoms with van der Waals surface area (Å²) in [5.74, 6) is 0. The van der Waals surface area contributed by atoms with Gasteiger partial charge in [-0.05, 0) is 42.3 Å². The summed E-state index contributed by atoms with van der Waals surface area (Å²) in [5.41, 5.74) is 4.98. The molecule has 0 aliphatic heterocycles. The van der Waals surface area contributed by atoms with Gasteiger partial charge in [0.25, 0.3) is 0 Å². The summed E-state index contributed by atoms with van der Waals surface area (Å²) in [5, 5.41) is 0. The Morgan fingerprint density at radius 3 is 2.12 bits per heavy atom. The van der Waals surface area contributed by atoms with Gasteiger partial charge in [0.1, 0.15) is 7.05 Å². The molecule has 0 atom stereocenters. The predicted molar refractivity (Wildman–Crippen MR) is 82.1 cm³/mol. The highest BCUT2D eigenvalue weighted by Crippen LogP contribution is 2.18. The highest BCUT2D eigenvalue weighted by molar-refractivity contribution is 5.70. The molecule has 24 heavy (non-hydrogen) atoms. The first-order valence-electron chi connectivity index (χ1n) is 7.10. The van der Waals surface area contributed by atoms with Gasteiger partial charge in [0, 0.05) is 38.0 Å². The minimum absolute atomic E-state index is 1.19. The lowest BCUT2D eigenvalue weighted by Gasteiger charge is -2.17. The minimum atomic E-state index is -4.94. The quantitative estimate of drug-likeness (QED) is 0.613. The third kappa shape index (κ3) is 7.54. The average molecular weight is 353 g/mol. The Hall–Kier alpha value is -1.96. The molecule has 6 nitrogen and oxygen atoms in total. The SMILES string of the molecule is Cc1cc(N(C)C)ccc1/C=C/c1cccc[n+]1C.[O-][Cl+3]([O-])([O-])[O-]. The second-order valence-corrected chi connectivity index (χ2v) is 6.14. The molecule has 0 fully saturated rings. The summed E-state index contributed by atoms with van der Waals surface area (Å²) in [4.78, 5) is 2.12. The van der Waals surface area contributed by atoms with Crippen molar-refractivity contribution in [3.8, 4) is 0 Å². The normalized spacial score (nSPS) is 11.2. The first-order valence-corrected chi connectivity index (χ1v) is 8.34. The van der Waals surface area contributed by atoms with Crippen molar-refractivity contribution in [1.82, 2.24) is 0 Å². The van der Waals surface area contributed by atoms with Crippen LogP contribution in [0.25, 0.3) is 12.2 Å². The molecule has 0 N–H and O–H groups in total. The highest BCUT2D eigenvalue weighted by atomic mass is 35.7. The van der Waals surface area contributed by atoms with Crippen molar-refractivity contribution in [2.24, 2.45) is 7.05 Å². The van der Waals surface area contributed by atoms with Gasteiger partial charge >= 0.3 is 0 Å². The van der Waals surface area contributed by atoms with E-state index < -0.39 is 10.2 Å². The average Bonchev–Trinajstić information content (AvgIpc) is 2.45. The van der Waals surface area contributed by atoms with Crippen LogP contribution in [0.5, 0.6) is 0 Å². The van der Waals surface area contributed by atoms with Gasteiger partial charge in [-0.15, -0.1) is 10.2 Å². The van der Waals surface area contributed by atoms with Gasteiger partial charge in [-0.2, -0.15) is 0 Å². The van der Waals surface area contributed by atoms with Crippen LogP contribution in [-0.2, 0) is 7.05 Å². The van der Waals surface area contributed by atoms with Gasteiger partial charge in [0.15, 0.2) is 6.20 Å². The Balaban J connectivity index is 0.000000505. The molecule has 0 aliphatic carbocycles. The zero-order valence-electron chi connectivity index (χ0n) is 14.1. The van der Waals surface area contributed by atoms with Gasteiger partial charge in [-0.25, -0.2) is 23.2 Å². The van der Waals surface area contributed by atoms with Gasteiger partial charge in [-0.3, -0.25) is 0 Å². The van der Waals surface area contributed by atoms with Crippen LogP contribution >= 0.6 is 0 Å². The maximum Gasteiger partial charge on any atom is 0.204 e. The summed E-state index contributed by atoms with van der Waals surface area (Å²) in [7, 11) is 1.24. The fraction of sp³-hybridized carbons (Fsp3) is 0.235. The Morgan fingerprint density at radius 1 is 1.00 bits per heavy atom. The van der Waals surface area contributed by atoms with Crippen molar-refractivity contribution in [2.45, 2.75) is 6.92 Å². The fourth-order valence-corrected chi connectivity index (χ4v) is 2.01. The molecule has 7 heteroatoms. The topological polar surface area (TPSA) is 99.4 Å². The maximum absolute atomic E-state index is 8.49.